The zero-order chi connectivity index (χ0) is 20.1. The number of anilines is 1. The van der Waals surface area contributed by atoms with E-state index >= 15 is 0 Å². The fourth-order valence-corrected chi connectivity index (χ4v) is 4.62. The molecule has 0 aliphatic rings. The summed E-state index contributed by atoms with van der Waals surface area (Å²) in [4.78, 5) is 5.28. The van der Waals surface area contributed by atoms with Gasteiger partial charge < -0.3 is 9.47 Å². The smallest absolute Gasteiger partial charge is 0.265 e. The van der Waals surface area contributed by atoms with Gasteiger partial charge in [-0.05, 0) is 43.3 Å². The number of methoxy groups -OCH3 is 2. The Morgan fingerprint density at radius 3 is 2.43 bits per heavy atom. The molecule has 0 saturated heterocycles. The fourth-order valence-electron chi connectivity index (χ4n) is 2.46. The van der Waals surface area contributed by atoms with Crippen LogP contribution in [0.5, 0.6) is 11.5 Å². The third kappa shape index (κ3) is 4.58. The number of rotatable bonds is 7. The van der Waals surface area contributed by atoms with Gasteiger partial charge >= 0.3 is 0 Å². The zero-order valence-corrected chi connectivity index (χ0v) is 17.3. The molecule has 1 aromatic heterocycles. The molecule has 0 fully saturated rings. The lowest BCUT2D eigenvalue weighted by Gasteiger charge is -2.14. The van der Waals surface area contributed by atoms with Crippen LogP contribution in [0.25, 0.3) is 0 Å². The van der Waals surface area contributed by atoms with E-state index in [-0.39, 0.29) is 10.6 Å². The van der Waals surface area contributed by atoms with Gasteiger partial charge in [-0.3, -0.25) is 4.72 Å². The van der Waals surface area contributed by atoms with Gasteiger partial charge in [0.15, 0.2) is 0 Å². The van der Waals surface area contributed by atoms with Crippen molar-refractivity contribution in [2.45, 2.75) is 21.7 Å². The van der Waals surface area contributed by atoms with Crippen LogP contribution in [-0.4, -0.2) is 27.6 Å². The minimum absolute atomic E-state index is 0.00973. The number of hydrogen-bond acceptors (Lipinski definition) is 6. The zero-order valence-electron chi connectivity index (χ0n) is 15.7. The molecule has 0 unspecified atom stereocenters. The van der Waals surface area contributed by atoms with Gasteiger partial charge in [-0.2, -0.15) is 0 Å². The Labute approximate surface area is 169 Å². The Bertz CT molecular complexity index is 1070. The second kappa shape index (κ2) is 8.53. The van der Waals surface area contributed by atoms with Crippen LogP contribution in [0.2, 0.25) is 0 Å². The standard InChI is InChI=1S/C20H20N2O4S2/c1-14-6-9-16(10-7-14)27-20-17(5-4-12-21-20)22-28(23,24)19-13-15(25-2)8-11-18(19)26-3/h4-13,22H,1-3H3. The third-order valence-electron chi connectivity index (χ3n) is 3.91. The molecule has 0 amide bonds. The highest BCUT2D eigenvalue weighted by Gasteiger charge is 2.22. The van der Waals surface area contributed by atoms with Crippen molar-refractivity contribution in [2.24, 2.45) is 0 Å². The van der Waals surface area contributed by atoms with Gasteiger partial charge in [0.05, 0.1) is 19.9 Å². The van der Waals surface area contributed by atoms with Gasteiger partial charge in [0, 0.05) is 17.2 Å². The summed E-state index contributed by atoms with van der Waals surface area (Å²) in [7, 11) is -1.02. The molecule has 1 heterocycles. The molecule has 2 aromatic carbocycles. The highest BCUT2D eigenvalue weighted by Crippen LogP contribution is 2.34. The Morgan fingerprint density at radius 2 is 1.75 bits per heavy atom. The number of sulfonamides is 1. The van der Waals surface area contributed by atoms with E-state index in [9.17, 15) is 8.42 Å². The van der Waals surface area contributed by atoms with Gasteiger partial charge in [-0.15, -0.1) is 0 Å². The average molecular weight is 417 g/mol. The first-order valence-electron chi connectivity index (χ1n) is 8.37. The number of nitrogens with zero attached hydrogens (tertiary/aromatic N) is 1. The average Bonchev–Trinajstić information content (AvgIpc) is 2.70. The van der Waals surface area contributed by atoms with Gasteiger partial charge in [0.1, 0.15) is 21.4 Å². The first kappa shape index (κ1) is 20.0. The van der Waals surface area contributed by atoms with Crippen molar-refractivity contribution < 1.29 is 17.9 Å². The van der Waals surface area contributed by atoms with Gasteiger partial charge in [0.2, 0.25) is 0 Å². The fraction of sp³-hybridized carbons (Fsp3) is 0.150. The number of aryl methyl sites for hydroxylation is 1. The SMILES string of the molecule is COc1ccc(OC)c(S(=O)(=O)Nc2cccnc2Sc2ccc(C)cc2)c1. The van der Waals surface area contributed by atoms with Crippen LogP contribution >= 0.6 is 11.8 Å². The summed E-state index contributed by atoms with van der Waals surface area (Å²) in [6, 6.07) is 15.9. The number of aromatic nitrogens is 1. The Balaban J connectivity index is 1.94. The highest BCUT2D eigenvalue weighted by molar-refractivity contribution is 7.99. The lowest BCUT2D eigenvalue weighted by Crippen LogP contribution is -2.15. The molecule has 0 radical (unpaired) electrons. The van der Waals surface area contributed by atoms with Crippen LogP contribution in [0.3, 0.4) is 0 Å². The highest BCUT2D eigenvalue weighted by atomic mass is 32.2. The summed E-state index contributed by atoms with van der Waals surface area (Å²) >= 11 is 1.38. The van der Waals surface area contributed by atoms with Crippen molar-refractivity contribution >= 4 is 27.5 Å². The van der Waals surface area contributed by atoms with Crippen LogP contribution in [0.1, 0.15) is 5.56 Å². The Morgan fingerprint density at radius 1 is 1.00 bits per heavy atom. The first-order valence-corrected chi connectivity index (χ1v) is 10.7. The van der Waals surface area contributed by atoms with Crippen molar-refractivity contribution in [3.8, 4) is 11.5 Å². The Hall–Kier alpha value is -2.71. The van der Waals surface area contributed by atoms with Crippen LogP contribution in [0.15, 0.2) is 75.6 Å². The summed E-state index contributed by atoms with van der Waals surface area (Å²) in [5.41, 5.74) is 1.54. The Kier molecular flexibility index (Phi) is 6.11. The molecule has 0 aliphatic heterocycles. The maximum atomic E-state index is 13.0. The van der Waals surface area contributed by atoms with Crippen molar-refractivity contribution in [3.05, 3.63) is 66.4 Å². The maximum absolute atomic E-state index is 13.0. The van der Waals surface area contributed by atoms with Crippen molar-refractivity contribution in [1.29, 1.82) is 0 Å². The van der Waals surface area contributed by atoms with Crippen molar-refractivity contribution in [1.82, 2.24) is 4.98 Å². The summed E-state index contributed by atoms with van der Waals surface area (Å²) in [6.07, 6.45) is 1.63. The first-order chi connectivity index (χ1) is 13.4. The molecule has 6 nitrogen and oxygen atoms in total. The molecule has 0 bridgehead atoms. The molecule has 0 atom stereocenters. The molecule has 3 rings (SSSR count). The summed E-state index contributed by atoms with van der Waals surface area (Å²) in [6.45, 7) is 2.01. The molecule has 8 heteroatoms. The summed E-state index contributed by atoms with van der Waals surface area (Å²) in [5, 5.41) is 0.553. The number of benzene rings is 2. The monoisotopic (exact) mass is 416 g/mol. The van der Waals surface area contributed by atoms with Crippen LogP contribution in [-0.2, 0) is 10.0 Å². The number of hydrogen-bond donors (Lipinski definition) is 1. The van der Waals surface area contributed by atoms with Crippen LogP contribution in [0.4, 0.5) is 5.69 Å². The summed E-state index contributed by atoms with van der Waals surface area (Å²) < 4.78 is 39.0. The summed E-state index contributed by atoms with van der Waals surface area (Å²) in [5.74, 6) is 0.645. The van der Waals surface area contributed by atoms with E-state index < -0.39 is 10.0 Å². The van der Waals surface area contributed by atoms with Crippen LogP contribution < -0.4 is 14.2 Å². The lowest BCUT2D eigenvalue weighted by atomic mass is 10.2. The van der Waals surface area contributed by atoms with Crippen LogP contribution in [0, 0.1) is 6.92 Å². The lowest BCUT2D eigenvalue weighted by molar-refractivity contribution is 0.392. The molecule has 0 aliphatic carbocycles. The number of pyridine rings is 1. The molecular weight excluding hydrogens is 396 g/mol. The normalized spacial score (nSPS) is 11.1. The van der Waals surface area contributed by atoms with E-state index in [0.29, 0.717) is 16.5 Å². The molecular formula is C20H20N2O4S2. The molecule has 146 valence electrons. The van der Waals surface area contributed by atoms with E-state index in [1.54, 1.807) is 30.5 Å². The molecule has 0 spiro atoms. The van der Waals surface area contributed by atoms with E-state index in [0.717, 1.165) is 10.5 Å². The van der Waals surface area contributed by atoms with E-state index in [4.69, 9.17) is 9.47 Å². The molecule has 1 N–H and O–H groups in total. The molecule has 28 heavy (non-hydrogen) atoms. The molecule has 3 aromatic rings. The van der Waals surface area contributed by atoms with Crippen molar-refractivity contribution in [3.63, 3.8) is 0 Å². The second-order valence-electron chi connectivity index (χ2n) is 5.89. The second-order valence-corrected chi connectivity index (χ2v) is 8.61. The quantitative estimate of drug-likeness (QED) is 0.617. The van der Waals surface area contributed by atoms with E-state index in [1.165, 1.54) is 32.0 Å². The van der Waals surface area contributed by atoms with Gasteiger partial charge in [-0.25, -0.2) is 13.4 Å². The predicted octanol–water partition coefficient (Wildman–Crippen LogP) is 4.36. The third-order valence-corrected chi connectivity index (χ3v) is 6.32. The van der Waals surface area contributed by atoms with E-state index in [2.05, 4.69) is 9.71 Å². The maximum Gasteiger partial charge on any atom is 0.265 e. The topological polar surface area (TPSA) is 77.5 Å². The van der Waals surface area contributed by atoms with Crippen molar-refractivity contribution in [2.75, 3.05) is 18.9 Å². The van der Waals surface area contributed by atoms with Gasteiger partial charge in [-0.1, -0.05) is 29.5 Å². The molecule has 0 saturated carbocycles. The minimum atomic E-state index is -3.92. The predicted molar refractivity (Wildman–Crippen MR) is 110 cm³/mol. The number of nitrogens with one attached hydrogen (secondary N) is 1. The minimum Gasteiger partial charge on any atom is -0.497 e. The van der Waals surface area contributed by atoms with E-state index in [1.807, 2.05) is 31.2 Å². The van der Waals surface area contributed by atoms with Gasteiger partial charge in [0.25, 0.3) is 10.0 Å². The largest absolute Gasteiger partial charge is 0.497 e. The number of ether oxygens (including phenoxy) is 2.